The molecule has 3 rings (SSSR count). The highest BCUT2D eigenvalue weighted by Gasteiger charge is 2.15. The molecule has 0 saturated carbocycles. The molecule has 2 N–H and O–H groups in total. The van der Waals surface area contributed by atoms with E-state index in [-0.39, 0.29) is 17.0 Å². The van der Waals surface area contributed by atoms with E-state index in [1.807, 2.05) is 26.0 Å². The predicted octanol–water partition coefficient (Wildman–Crippen LogP) is 2.63. The second kappa shape index (κ2) is 6.93. The van der Waals surface area contributed by atoms with Crippen molar-refractivity contribution in [2.45, 2.75) is 25.3 Å². The highest BCUT2D eigenvalue weighted by molar-refractivity contribution is 7.89. The molecule has 0 fully saturated rings. The molecule has 0 saturated heterocycles. The van der Waals surface area contributed by atoms with E-state index in [1.165, 1.54) is 19.2 Å². The summed E-state index contributed by atoms with van der Waals surface area (Å²) in [5, 5.41) is 0.897. The van der Waals surface area contributed by atoms with Gasteiger partial charge >= 0.3 is 0 Å². The van der Waals surface area contributed by atoms with Crippen molar-refractivity contribution in [1.82, 2.24) is 9.71 Å². The third-order valence-corrected chi connectivity index (χ3v) is 5.63. The lowest BCUT2D eigenvalue weighted by Crippen LogP contribution is -2.27. The number of hydrogen-bond donors (Lipinski definition) is 2. The first-order valence-electron chi connectivity index (χ1n) is 8.07. The van der Waals surface area contributed by atoms with Crippen molar-refractivity contribution in [2.24, 2.45) is 0 Å². The molecule has 6 nitrogen and oxygen atoms in total. The Kier molecular flexibility index (Phi) is 4.84. The van der Waals surface area contributed by atoms with Gasteiger partial charge in [-0.15, -0.1) is 0 Å². The molecule has 2 aromatic carbocycles. The first-order chi connectivity index (χ1) is 12.3. The number of pyridine rings is 1. The fourth-order valence-corrected chi connectivity index (χ4v) is 3.87. The number of nitrogens with one attached hydrogen (secondary N) is 2. The fraction of sp³-hybridized carbons (Fsp3) is 0.211. The Hall–Kier alpha value is -2.64. The summed E-state index contributed by atoms with van der Waals surface area (Å²) in [6, 6.07) is 11.7. The van der Waals surface area contributed by atoms with Crippen LogP contribution in [0, 0.1) is 13.8 Å². The van der Waals surface area contributed by atoms with Crippen LogP contribution in [0.25, 0.3) is 10.9 Å². The van der Waals surface area contributed by atoms with Crippen molar-refractivity contribution in [3.8, 4) is 5.75 Å². The highest BCUT2D eigenvalue weighted by Crippen LogP contribution is 2.19. The largest absolute Gasteiger partial charge is 0.497 e. The van der Waals surface area contributed by atoms with Gasteiger partial charge in [0.25, 0.3) is 5.56 Å². The molecule has 26 heavy (non-hydrogen) atoms. The van der Waals surface area contributed by atoms with Crippen molar-refractivity contribution in [2.75, 3.05) is 7.11 Å². The van der Waals surface area contributed by atoms with E-state index in [4.69, 9.17) is 4.74 Å². The summed E-state index contributed by atoms with van der Waals surface area (Å²) in [5.74, 6) is 0.570. The molecule has 1 aromatic heterocycles. The quantitative estimate of drug-likeness (QED) is 0.721. The predicted molar refractivity (Wildman–Crippen MR) is 101 cm³/mol. The summed E-state index contributed by atoms with van der Waals surface area (Å²) in [6.07, 6.45) is 0. The number of ether oxygens (including phenoxy) is 1. The molecule has 0 aliphatic heterocycles. The van der Waals surface area contributed by atoms with Gasteiger partial charge in [0.05, 0.1) is 12.0 Å². The van der Waals surface area contributed by atoms with Gasteiger partial charge in [0, 0.05) is 23.0 Å². The minimum Gasteiger partial charge on any atom is -0.497 e. The van der Waals surface area contributed by atoms with Gasteiger partial charge in [-0.05, 0) is 61.4 Å². The van der Waals surface area contributed by atoms with Gasteiger partial charge in [-0.25, -0.2) is 13.1 Å². The fourth-order valence-electron chi connectivity index (χ4n) is 2.86. The molecular formula is C19H20N2O4S. The van der Waals surface area contributed by atoms with Crippen LogP contribution in [0.3, 0.4) is 0 Å². The van der Waals surface area contributed by atoms with Crippen LogP contribution >= 0.6 is 0 Å². The second-order valence-corrected chi connectivity index (χ2v) is 7.93. The normalized spacial score (nSPS) is 11.7. The summed E-state index contributed by atoms with van der Waals surface area (Å²) in [5.41, 5.74) is 2.88. The number of aryl methyl sites for hydroxylation is 2. The Bertz CT molecular complexity index is 1120. The maximum atomic E-state index is 12.4. The minimum atomic E-state index is -3.73. The smallest absolute Gasteiger partial charge is 0.252 e. The van der Waals surface area contributed by atoms with Crippen LogP contribution in [0.2, 0.25) is 0 Å². The van der Waals surface area contributed by atoms with E-state index >= 15 is 0 Å². The van der Waals surface area contributed by atoms with Crippen LogP contribution in [0.5, 0.6) is 5.75 Å². The molecule has 0 aliphatic rings. The number of rotatable bonds is 5. The number of methoxy groups -OCH3 is 1. The summed E-state index contributed by atoms with van der Waals surface area (Å²) < 4.78 is 32.4. The van der Waals surface area contributed by atoms with Crippen LogP contribution < -0.4 is 15.0 Å². The summed E-state index contributed by atoms with van der Waals surface area (Å²) in [4.78, 5) is 15.2. The van der Waals surface area contributed by atoms with E-state index < -0.39 is 10.0 Å². The number of H-pyrrole nitrogens is 1. The van der Waals surface area contributed by atoms with Gasteiger partial charge in [0.2, 0.25) is 10.0 Å². The van der Waals surface area contributed by atoms with Gasteiger partial charge in [0.1, 0.15) is 5.75 Å². The number of aromatic nitrogens is 1. The number of fused-ring (bicyclic) bond motifs is 1. The minimum absolute atomic E-state index is 0.0903. The molecule has 0 atom stereocenters. The summed E-state index contributed by atoms with van der Waals surface area (Å²) in [6.45, 7) is 3.83. The van der Waals surface area contributed by atoms with Crippen molar-refractivity contribution >= 4 is 20.9 Å². The van der Waals surface area contributed by atoms with Crippen molar-refractivity contribution in [1.29, 1.82) is 0 Å². The Morgan fingerprint density at radius 3 is 2.42 bits per heavy atom. The first-order valence-corrected chi connectivity index (χ1v) is 9.55. The zero-order chi connectivity index (χ0) is 18.9. The maximum absolute atomic E-state index is 12.4. The molecular weight excluding hydrogens is 352 g/mol. The summed E-state index contributed by atoms with van der Waals surface area (Å²) in [7, 11) is -2.22. The molecule has 7 heteroatoms. The average Bonchev–Trinajstić information content (AvgIpc) is 2.60. The third kappa shape index (κ3) is 3.63. The third-order valence-electron chi connectivity index (χ3n) is 4.21. The molecule has 0 amide bonds. The van der Waals surface area contributed by atoms with E-state index in [1.54, 1.807) is 18.2 Å². The number of benzene rings is 2. The van der Waals surface area contributed by atoms with Crippen LogP contribution in [0.15, 0.2) is 52.2 Å². The van der Waals surface area contributed by atoms with Gasteiger partial charge in [-0.3, -0.25) is 4.79 Å². The monoisotopic (exact) mass is 372 g/mol. The Morgan fingerprint density at radius 1 is 1.08 bits per heavy atom. The Morgan fingerprint density at radius 2 is 1.77 bits per heavy atom. The molecule has 136 valence electrons. The van der Waals surface area contributed by atoms with E-state index in [2.05, 4.69) is 9.71 Å². The lowest BCUT2D eigenvalue weighted by Gasteiger charge is -2.09. The van der Waals surface area contributed by atoms with E-state index in [9.17, 15) is 13.2 Å². The zero-order valence-corrected chi connectivity index (χ0v) is 15.6. The van der Waals surface area contributed by atoms with Gasteiger partial charge in [0.15, 0.2) is 0 Å². The van der Waals surface area contributed by atoms with Crippen LogP contribution in [0.4, 0.5) is 0 Å². The first kappa shape index (κ1) is 18.2. The van der Waals surface area contributed by atoms with Crippen molar-refractivity contribution in [3.63, 3.8) is 0 Å². The van der Waals surface area contributed by atoms with Crippen LogP contribution in [-0.4, -0.2) is 20.5 Å². The lowest BCUT2D eigenvalue weighted by atomic mass is 10.0. The molecule has 3 aromatic rings. The molecule has 0 spiro atoms. The maximum Gasteiger partial charge on any atom is 0.252 e. The molecule has 0 unspecified atom stereocenters. The number of sulfonamides is 1. The van der Waals surface area contributed by atoms with Gasteiger partial charge < -0.3 is 9.72 Å². The molecule has 1 heterocycles. The molecule has 0 radical (unpaired) electrons. The van der Waals surface area contributed by atoms with E-state index in [0.29, 0.717) is 11.3 Å². The number of aromatic amines is 1. The SMILES string of the molecule is COc1ccc(S(=O)(=O)NCc2cc3c(C)cc(C)cc3[nH]c2=O)cc1. The van der Waals surface area contributed by atoms with Crippen LogP contribution in [-0.2, 0) is 16.6 Å². The summed E-state index contributed by atoms with van der Waals surface area (Å²) >= 11 is 0. The van der Waals surface area contributed by atoms with Gasteiger partial charge in [-0.2, -0.15) is 0 Å². The zero-order valence-electron chi connectivity index (χ0n) is 14.8. The van der Waals surface area contributed by atoms with Gasteiger partial charge in [-0.1, -0.05) is 6.07 Å². The van der Waals surface area contributed by atoms with E-state index in [0.717, 1.165) is 22.0 Å². The lowest BCUT2D eigenvalue weighted by molar-refractivity contribution is 0.414. The highest BCUT2D eigenvalue weighted by atomic mass is 32.2. The topological polar surface area (TPSA) is 88.3 Å². The Labute approximate surface area is 151 Å². The molecule has 0 aliphatic carbocycles. The number of hydrogen-bond acceptors (Lipinski definition) is 4. The van der Waals surface area contributed by atoms with Crippen molar-refractivity contribution < 1.29 is 13.2 Å². The standard InChI is InChI=1S/C19H20N2O4S/c1-12-8-13(2)17-10-14(19(22)21-18(17)9-12)11-20-26(23,24)16-6-4-15(25-3)5-7-16/h4-10,20H,11H2,1-3H3,(H,21,22). The second-order valence-electron chi connectivity index (χ2n) is 6.17. The molecule has 0 bridgehead atoms. The van der Waals surface area contributed by atoms with Crippen molar-refractivity contribution in [3.05, 3.63) is 69.5 Å². The Balaban J connectivity index is 1.88. The average molecular weight is 372 g/mol. The van der Waals surface area contributed by atoms with Crippen LogP contribution in [0.1, 0.15) is 16.7 Å².